The molecule has 0 atom stereocenters. The highest BCUT2D eigenvalue weighted by molar-refractivity contribution is 9.10. The van der Waals surface area contributed by atoms with E-state index in [0.29, 0.717) is 11.3 Å². The predicted molar refractivity (Wildman–Crippen MR) is 71.4 cm³/mol. The molecule has 0 amide bonds. The van der Waals surface area contributed by atoms with Crippen molar-refractivity contribution in [1.82, 2.24) is 0 Å². The molecule has 0 unspecified atom stereocenters. The van der Waals surface area contributed by atoms with Gasteiger partial charge < -0.3 is 5.32 Å². The molecule has 17 heavy (non-hydrogen) atoms. The molecule has 1 N–H and O–H groups in total. The van der Waals surface area contributed by atoms with Crippen LogP contribution in [0, 0.1) is 17.1 Å². The first-order chi connectivity index (χ1) is 7.91. The normalized spacial score (nSPS) is 11.1. The van der Waals surface area contributed by atoms with Crippen molar-refractivity contribution in [3.63, 3.8) is 0 Å². The van der Waals surface area contributed by atoms with Gasteiger partial charge in [0.25, 0.3) is 0 Å². The van der Waals surface area contributed by atoms with Crippen LogP contribution in [0.4, 0.5) is 10.1 Å². The van der Waals surface area contributed by atoms with Gasteiger partial charge in [-0.05, 0) is 48.3 Å². The number of hydrogen-bond donors (Lipinski definition) is 1. The van der Waals surface area contributed by atoms with Gasteiger partial charge in [-0.15, -0.1) is 0 Å². The van der Waals surface area contributed by atoms with Gasteiger partial charge in [-0.25, -0.2) is 4.39 Å². The molecule has 1 aromatic rings. The number of anilines is 1. The lowest BCUT2D eigenvalue weighted by atomic mass is 9.98. The molecule has 92 valence electrons. The third kappa shape index (κ3) is 3.44. The first kappa shape index (κ1) is 14.0. The molecule has 0 aromatic heterocycles. The summed E-state index contributed by atoms with van der Waals surface area (Å²) >= 11 is 3.10. The molecule has 0 aliphatic heterocycles. The zero-order valence-corrected chi connectivity index (χ0v) is 11.9. The minimum atomic E-state index is -0.409. The molecular weight excluding hydrogens is 283 g/mol. The van der Waals surface area contributed by atoms with Crippen LogP contribution >= 0.6 is 15.9 Å². The molecule has 0 heterocycles. The summed E-state index contributed by atoms with van der Waals surface area (Å²) in [4.78, 5) is 0. The molecule has 0 radical (unpaired) electrons. The van der Waals surface area contributed by atoms with E-state index in [1.165, 1.54) is 0 Å². The van der Waals surface area contributed by atoms with E-state index in [1.807, 2.05) is 19.9 Å². The maximum absolute atomic E-state index is 14.0. The topological polar surface area (TPSA) is 35.8 Å². The summed E-state index contributed by atoms with van der Waals surface area (Å²) in [6.45, 7) is 6.15. The Balaban J connectivity index is 3.02. The summed E-state index contributed by atoms with van der Waals surface area (Å²) in [5.74, 6) is -0.409. The van der Waals surface area contributed by atoms with Crippen LogP contribution in [0.25, 0.3) is 0 Å². The van der Waals surface area contributed by atoms with Crippen molar-refractivity contribution in [3.05, 3.63) is 28.0 Å². The van der Waals surface area contributed by atoms with Gasteiger partial charge in [0.15, 0.2) is 5.82 Å². The van der Waals surface area contributed by atoms with Gasteiger partial charge >= 0.3 is 0 Å². The smallest absolute Gasteiger partial charge is 0.161 e. The zero-order valence-electron chi connectivity index (χ0n) is 10.3. The molecule has 1 aromatic carbocycles. The highest BCUT2D eigenvalue weighted by atomic mass is 79.9. The van der Waals surface area contributed by atoms with E-state index >= 15 is 0 Å². The van der Waals surface area contributed by atoms with E-state index in [0.717, 1.165) is 12.8 Å². The second-order valence-electron chi connectivity index (χ2n) is 4.66. The lowest BCUT2D eigenvalue weighted by Crippen LogP contribution is -2.31. The van der Waals surface area contributed by atoms with Crippen molar-refractivity contribution in [1.29, 1.82) is 5.26 Å². The highest BCUT2D eigenvalue weighted by Gasteiger charge is 2.19. The third-order valence-corrected chi connectivity index (χ3v) is 3.33. The van der Waals surface area contributed by atoms with Crippen molar-refractivity contribution in [2.24, 2.45) is 0 Å². The van der Waals surface area contributed by atoms with Crippen LogP contribution in [0.1, 0.15) is 39.2 Å². The Kier molecular flexibility index (Phi) is 4.53. The van der Waals surface area contributed by atoms with Crippen LogP contribution in [0.3, 0.4) is 0 Å². The van der Waals surface area contributed by atoms with Gasteiger partial charge in [0.1, 0.15) is 6.07 Å². The fourth-order valence-electron chi connectivity index (χ4n) is 1.78. The van der Waals surface area contributed by atoms with E-state index in [4.69, 9.17) is 5.26 Å². The van der Waals surface area contributed by atoms with Crippen LogP contribution in [-0.4, -0.2) is 5.54 Å². The van der Waals surface area contributed by atoms with Crippen molar-refractivity contribution in [2.75, 3.05) is 5.32 Å². The Labute approximate surface area is 110 Å². The molecule has 0 fully saturated rings. The van der Waals surface area contributed by atoms with Crippen molar-refractivity contribution in [2.45, 2.75) is 39.2 Å². The standard InChI is InChI=1S/C13H16BrFN2/c1-4-7-13(2,3)17-10-6-5-9(8-16)11(14)12(10)15/h5-6,17H,4,7H2,1-3H3. The van der Waals surface area contributed by atoms with E-state index < -0.39 is 5.82 Å². The lowest BCUT2D eigenvalue weighted by molar-refractivity contribution is 0.504. The molecule has 0 spiro atoms. The summed E-state index contributed by atoms with van der Waals surface area (Å²) < 4.78 is 14.2. The molecule has 0 saturated heterocycles. The number of nitrogens with one attached hydrogen (secondary N) is 1. The number of benzene rings is 1. The van der Waals surface area contributed by atoms with Crippen molar-refractivity contribution in [3.8, 4) is 6.07 Å². The summed E-state index contributed by atoms with van der Waals surface area (Å²) in [6, 6.07) is 5.15. The van der Waals surface area contributed by atoms with Gasteiger partial charge in [0.2, 0.25) is 0 Å². The number of nitrogens with zero attached hydrogens (tertiary/aromatic N) is 1. The SMILES string of the molecule is CCCC(C)(C)Nc1ccc(C#N)c(Br)c1F. The van der Waals surface area contributed by atoms with Gasteiger partial charge in [0, 0.05) is 5.54 Å². The summed E-state index contributed by atoms with van der Waals surface area (Å²) in [5, 5.41) is 11.9. The number of halogens is 2. The second-order valence-corrected chi connectivity index (χ2v) is 5.45. The van der Waals surface area contributed by atoms with Crippen LogP contribution in [0.2, 0.25) is 0 Å². The van der Waals surface area contributed by atoms with Crippen molar-refractivity contribution >= 4 is 21.6 Å². The minimum Gasteiger partial charge on any atom is -0.378 e. The molecule has 0 aliphatic carbocycles. The molecular formula is C13H16BrFN2. The van der Waals surface area contributed by atoms with Crippen LogP contribution in [0.15, 0.2) is 16.6 Å². The fourth-order valence-corrected chi connectivity index (χ4v) is 2.22. The molecule has 0 aliphatic rings. The average Bonchev–Trinajstić information content (AvgIpc) is 2.25. The third-order valence-electron chi connectivity index (χ3n) is 2.55. The Hall–Kier alpha value is -1.08. The van der Waals surface area contributed by atoms with Gasteiger partial charge in [-0.1, -0.05) is 13.3 Å². The zero-order chi connectivity index (χ0) is 13.1. The predicted octanol–water partition coefficient (Wildman–Crippen LogP) is 4.45. The van der Waals surface area contributed by atoms with E-state index in [2.05, 4.69) is 28.2 Å². The number of hydrogen-bond acceptors (Lipinski definition) is 2. The first-order valence-corrected chi connectivity index (χ1v) is 6.37. The van der Waals surface area contributed by atoms with Crippen molar-refractivity contribution < 1.29 is 4.39 Å². The van der Waals surface area contributed by atoms with Crippen LogP contribution in [-0.2, 0) is 0 Å². The Morgan fingerprint density at radius 2 is 2.12 bits per heavy atom. The van der Waals surface area contributed by atoms with E-state index in [9.17, 15) is 4.39 Å². The Morgan fingerprint density at radius 3 is 2.65 bits per heavy atom. The van der Waals surface area contributed by atoms with E-state index in [-0.39, 0.29) is 10.0 Å². The summed E-state index contributed by atoms with van der Waals surface area (Å²) in [5.41, 5.74) is 0.569. The molecule has 0 saturated carbocycles. The quantitative estimate of drug-likeness (QED) is 0.891. The average molecular weight is 299 g/mol. The van der Waals surface area contributed by atoms with E-state index in [1.54, 1.807) is 12.1 Å². The highest BCUT2D eigenvalue weighted by Crippen LogP contribution is 2.29. The van der Waals surface area contributed by atoms with Gasteiger partial charge in [-0.3, -0.25) is 0 Å². The molecule has 1 rings (SSSR count). The van der Waals surface area contributed by atoms with Crippen LogP contribution < -0.4 is 5.32 Å². The summed E-state index contributed by atoms with van der Waals surface area (Å²) in [7, 11) is 0. The lowest BCUT2D eigenvalue weighted by Gasteiger charge is -2.27. The molecule has 4 heteroatoms. The summed E-state index contributed by atoms with van der Waals surface area (Å²) in [6.07, 6.45) is 1.98. The first-order valence-electron chi connectivity index (χ1n) is 5.57. The second kappa shape index (κ2) is 5.50. The fraction of sp³-hybridized carbons (Fsp3) is 0.462. The van der Waals surface area contributed by atoms with Crippen LogP contribution in [0.5, 0.6) is 0 Å². The number of rotatable bonds is 4. The largest absolute Gasteiger partial charge is 0.378 e. The maximum Gasteiger partial charge on any atom is 0.161 e. The Bertz CT molecular complexity index is 449. The molecule has 0 bridgehead atoms. The van der Waals surface area contributed by atoms with Gasteiger partial charge in [0.05, 0.1) is 15.7 Å². The number of nitriles is 1. The minimum absolute atomic E-state index is 0.164. The molecule has 2 nitrogen and oxygen atoms in total. The Morgan fingerprint density at radius 1 is 1.47 bits per heavy atom. The monoisotopic (exact) mass is 298 g/mol. The van der Waals surface area contributed by atoms with Gasteiger partial charge in [-0.2, -0.15) is 5.26 Å². The maximum atomic E-state index is 14.0.